The first-order valence-corrected chi connectivity index (χ1v) is 3.73. The summed E-state index contributed by atoms with van der Waals surface area (Å²) in [5.41, 5.74) is 5.78. The van der Waals surface area contributed by atoms with E-state index in [0.717, 1.165) is 6.54 Å². The first-order chi connectivity index (χ1) is 4.29. The minimum atomic E-state index is 0. The van der Waals surface area contributed by atoms with E-state index in [2.05, 4.69) is 11.9 Å². The summed E-state index contributed by atoms with van der Waals surface area (Å²) in [5, 5.41) is 0. The molecule has 0 amide bonds. The lowest BCUT2D eigenvalue weighted by Gasteiger charge is -2.15. The molecule has 2 nitrogen and oxygen atoms in total. The molecule has 1 aliphatic heterocycles. The summed E-state index contributed by atoms with van der Waals surface area (Å²) in [7, 11) is 2.14. The molecule has 0 bridgehead atoms. The molecule has 1 saturated heterocycles. The van der Waals surface area contributed by atoms with Gasteiger partial charge in [0.25, 0.3) is 0 Å². The predicted molar refractivity (Wildman–Crippen MR) is 41.4 cm³/mol. The van der Waals surface area contributed by atoms with Gasteiger partial charge in [0.2, 0.25) is 0 Å². The van der Waals surface area contributed by atoms with E-state index in [4.69, 9.17) is 5.73 Å². The number of rotatable bonds is 0. The van der Waals surface area contributed by atoms with Crippen LogP contribution in [0.4, 0.5) is 0 Å². The van der Waals surface area contributed by atoms with E-state index in [9.17, 15) is 0 Å². The number of hydrogen-bond donors (Lipinski definition) is 1. The normalized spacial score (nSPS) is 32.0. The van der Waals surface area contributed by atoms with Gasteiger partial charge in [0.1, 0.15) is 0 Å². The second-order valence-electron chi connectivity index (χ2n) is 3.02. The Balaban J connectivity index is 0.000000810. The second-order valence-corrected chi connectivity index (χ2v) is 3.02. The smallest absolute Gasteiger partial charge is 0.0167 e. The van der Waals surface area contributed by atoms with Crippen molar-refractivity contribution in [2.45, 2.75) is 25.3 Å². The highest BCUT2D eigenvalue weighted by Gasteiger charge is 2.10. The molecule has 1 rings (SSSR count). The van der Waals surface area contributed by atoms with Gasteiger partial charge in [0, 0.05) is 14.0 Å². The number of nitrogens with zero attached hydrogens (tertiary/aromatic N) is 1. The highest BCUT2D eigenvalue weighted by Crippen LogP contribution is 2.06. The molecule has 0 aromatic heterocycles. The van der Waals surface area contributed by atoms with Crippen molar-refractivity contribution in [3.05, 3.63) is 0 Å². The summed E-state index contributed by atoms with van der Waals surface area (Å²) in [4.78, 5) is 2.32. The zero-order chi connectivity index (χ0) is 6.69. The standard InChI is InChI=1S/C7H16N2.H2/c1-9-5-3-2-4-7(8)6-9;/h7H,2-6,8H2,1H3;1H/t7-;/m0./s1. The van der Waals surface area contributed by atoms with Gasteiger partial charge in [-0.2, -0.15) is 0 Å². The third-order valence-electron chi connectivity index (χ3n) is 1.91. The number of likely N-dealkylation sites (N-methyl/N-ethyl adjacent to an activating group) is 1. The molecule has 0 aromatic rings. The fourth-order valence-corrected chi connectivity index (χ4v) is 1.37. The first kappa shape index (κ1) is 7.03. The van der Waals surface area contributed by atoms with Crippen LogP contribution in [0.25, 0.3) is 0 Å². The van der Waals surface area contributed by atoms with Crippen LogP contribution in [0.1, 0.15) is 20.7 Å². The molecule has 2 heteroatoms. The Hall–Kier alpha value is -0.0800. The van der Waals surface area contributed by atoms with Gasteiger partial charge in [-0.25, -0.2) is 0 Å². The Morgan fingerprint density at radius 1 is 1.56 bits per heavy atom. The van der Waals surface area contributed by atoms with Crippen molar-refractivity contribution in [1.82, 2.24) is 4.90 Å². The highest BCUT2D eigenvalue weighted by molar-refractivity contribution is 4.69. The van der Waals surface area contributed by atoms with Crippen LogP contribution in [-0.4, -0.2) is 31.1 Å². The van der Waals surface area contributed by atoms with Crippen molar-refractivity contribution in [3.63, 3.8) is 0 Å². The molecule has 56 valence electrons. The maximum atomic E-state index is 5.78. The van der Waals surface area contributed by atoms with Gasteiger partial charge in [-0.15, -0.1) is 0 Å². The molecule has 0 aliphatic carbocycles. The van der Waals surface area contributed by atoms with E-state index in [1.807, 2.05) is 0 Å². The Morgan fingerprint density at radius 3 is 3.11 bits per heavy atom. The average Bonchev–Trinajstić information content (AvgIpc) is 1.93. The summed E-state index contributed by atoms with van der Waals surface area (Å²) in [6, 6.07) is 0.428. The van der Waals surface area contributed by atoms with Crippen LogP contribution in [-0.2, 0) is 0 Å². The van der Waals surface area contributed by atoms with Crippen molar-refractivity contribution in [1.29, 1.82) is 0 Å². The van der Waals surface area contributed by atoms with Crippen molar-refractivity contribution in [2.24, 2.45) is 5.73 Å². The van der Waals surface area contributed by atoms with Gasteiger partial charge in [0.05, 0.1) is 0 Å². The second kappa shape index (κ2) is 3.18. The van der Waals surface area contributed by atoms with Crippen molar-refractivity contribution >= 4 is 0 Å². The van der Waals surface area contributed by atoms with Crippen LogP contribution in [0.15, 0.2) is 0 Å². The minimum Gasteiger partial charge on any atom is -0.327 e. The van der Waals surface area contributed by atoms with Crippen LogP contribution < -0.4 is 5.73 Å². The lowest BCUT2D eigenvalue weighted by atomic mass is 10.2. The van der Waals surface area contributed by atoms with Gasteiger partial charge in [-0.05, 0) is 26.4 Å². The molecule has 0 spiro atoms. The van der Waals surface area contributed by atoms with E-state index >= 15 is 0 Å². The summed E-state index contributed by atoms with van der Waals surface area (Å²) in [5.74, 6) is 0. The first-order valence-electron chi connectivity index (χ1n) is 3.73. The Morgan fingerprint density at radius 2 is 2.33 bits per heavy atom. The van der Waals surface area contributed by atoms with Crippen LogP contribution in [0.5, 0.6) is 0 Å². The molecule has 0 unspecified atom stereocenters. The van der Waals surface area contributed by atoms with Crippen molar-refractivity contribution in [3.8, 4) is 0 Å². The molecule has 9 heavy (non-hydrogen) atoms. The van der Waals surface area contributed by atoms with Crippen LogP contribution in [0.2, 0.25) is 0 Å². The lowest BCUT2D eigenvalue weighted by molar-refractivity contribution is 0.333. The van der Waals surface area contributed by atoms with E-state index in [1.165, 1.54) is 25.8 Å². The molecular formula is C7H18N2. The predicted octanol–water partition coefficient (Wildman–Crippen LogP) is 0.675. The topological polar surface area (TPSA) is 29.3 Å². The van der Waals surface area contributed by atoms with Gasteiger partial charge >= 0.3 is 0 Å². The largest absolute Gasteiger partial charge is 0.327 e. The maximum absolute atomic E-state index is 5.78. The minimum absolute atomic E-state index is 0. The lowest BCUT2D eigenvalue weighted by Crippen LogP contribution is -2.33. The zero-order valence-electron chi connectivity index (χ0n) is 6.14. The molecule has 0 aromatic carbocycles. The zero-order valence-corrected chi connectivity index (χ0v) is 6.14. The number of hydrogen-bond acceptors (Lipinski definition) is 2. The molecule has 1 aliphatic rings. The quantitative estimate of drug-likeness (QED) is 0.522. The van der Waals surface area contributed by atoms with Gasteiger partial charge < -0.3 is 10.6 Å². The van der Waals surface area contributed by atoms with Crippen LogP contribution in [0, 0.1) is 0 Å². The van der Waals surface area contributed by atoms with E-state index in [1.54, 1.807) is 0 Å². The van der Waals surface area contributed by atoms with Crippen molar-refractivity contribution < 1.29 is 1.43 Å². The fraction of sp³-hybridized carbons (Fsp3) is 1.00. The van der Waals surface area contributed by atoms with Crippen LogP contribution in [0.3, 0.4) is 0 Å². The molecular weight excluding hydrogens is 112 g/mol. The highest BCUT2D eigenvalue weighted by atomic mass is 15.1. The van der Waals surface area contributed by atoms with Gasteiger partial charge in [0.15, 0.2) is 0 Å². The van der Waals surface area contributed by atoms with E-state index in [0.29, 0.717) is 6.04 Å². The molecule has 1 atom stereocenters. The third kappa shape index (κ3) is 2.33. The summed E-state index contributed by atoms with van der Waals surface area (Å²) >= 11 is 0. The van der Waals surface area contributed by atoms with Gasteiger partial charge in [-0.1, -0.05) is 6.42 Å². The maximum Gasteiger partial charge on any atom is 0.0167 e. The van der Waals surface area contributed by atoms with E-state index in [-0.39, 0.29) is 1.43 Å². The molecule has 1 heterocycles. The molecule has 0 radical (unpaired) electrons. The van der Waals surface area contributed by atoms with Crippen molar-refractivity contribution in [2.75, 3.05) is 20.1 Å². The molecule has 0 saturated carbocycles. The summed E-state index contributed by atoms with van der Waals surface area (Å²) < 4.78 is 0. The third-order valence-corrected chi connectivity index (χ3v) is 1.91. The monoisotopic (exact) mass is 130 g/mol. The van der Waals surface area contributed by atoms with E-state index < -0.39 is 0 Å². The Labute approximate surface area is 58.5 Å². The fourth-order valence-electron chi connectivity index (χ4n) is 1.37. The summed E-state index contributed by atoms with van der Waals surface area (Å²) in [6.07, 6.45) is 3.85. The SMILES string of the molecule is CN1CCCC[C@H](N)C1.[HH]. The molecule has 1 fully saturated rings. The Kier molecular flexibility index (Phi) is 2.49. The number of nitrogens with two attached hydrogens (primary N) is 1. The van der Waals surface area contributed by atoms with Crippen LogP contribution >= 0.6 is 0 Å². The average molecular weight is 130 g/mol. The number of likely N-dealkylation sites (tertiary alicyclic amines) is 1. The Bertz CT molecular complexity index is 77.7. The summed E-state index contributed by atoms with van der Waals surface area (Å²) in [6.45, 7) is 2.31. The van der Waals surface area contributed by atoms with Gasteiger partial charge in [-0.3, -0.25) is 0 Å². The molecule has 2 N–H and O–H groups in total.